The van der Waals surface area contributed by atoms with Crippen LogP contribution < -0.4 is 0 Å². The average Bonchev–Trinajstić information content (AvgIpc) is 2.25. The van der Waals surface area contributed by atoms with Crippen LogP contribution in [0.3, 0.4) is 0 Å². The molecule has 0 amide bonds. The van der Waals surface area contributed by atoms with Crippen LogP contribution in [0.25, 0.3) is 0 Å². The molecule has 6 heteroatoms. The molecule has 92 valence electrons. The highest BCUT2D eigenvalue weighted by Gasteiger charge is 2.37. The van der Waals surface area contributed by atoms with Gasteiger partial charge in [0.15, 0.2) is 19.7 Å². The molecule has 0 saturated heterocycles. The van der Waals surface area contributed by atoms with Gasteiger partial charge in [-0.1, -0.05) is 30.3 Å². The molecule has 1 aromatic rings. The largest absolute Gasteiger partial charge is 0.224 e. The van der Waals surface area contributed by atoms with Gasteiger partial charge in [0.1, 0.15) is 5.25 Å². The van der Waals surface area contributed by atoms with E-state index in [0.29, 0.717) is 5.56 Å². The average molecular weight is 272 g/mol. The summed E-state index contributed by atoms with van der Waals surface area (Å²) in [5.74, 6) is -0.378. The lowest BCUT2D eigenvalue weighted by molar-refractivity contribution is 0.580. The normalized spacial score (nSPS) is 26.2. The van der Waals surface area contributed by atoms with Crippen molar-refractivity contribution < 1.29 is 16.8 Å². The van der Waals surface area contributed by atoms with E-state index >= 15 is 0 Å². The van der Waals surface area contributed by atoms with Crippen LogP contribution in [0.15, 0.2) is 40.6 Å². The zero-order chi connectivity index (χ0) is 12.7. The predicted molar refractivity (Wildman–Crippen MR) is 65.6 cm³/mol. The summed E-state index contributed by atoms with van der Waals surface area (Å²) in [7, 11) is -6.99. The number of hydrogen-bond acceptors (Lipinski definition) is 4. The Morgan fingerprint density at radius 3 is 2.24 bits per heavy atom. The van der Waals surface area contributed by atoms with E-state index in [-0.39, 0.29) is 10.7 Å². The van der Waals surface area contributed by atoms with Crippen molar-refractivity contribution in [3.05, 3.63) is 46.2 Å². The molecular weight excluding hydrogens is 260 g/mol. The summed E-state index contributed by atoms with van der Waals surface area (Å²) in [5, 5.41) is -0.138. The number of sulfone groups is 2. The SMILES string of the molecule is CC1=CS(=O)(=O)CC(c2ccccc2)S1(=O)=O. The van der Waals surface area contributed by atoms with Gasteiger partial charge < -0.3 is 0 Å². The standard InChI is InChI=1S/C11H12O4S2/c1-9-7-16(12,13)8-11(17(9,14)15)10-5-3-2-4-6-10/h2-7,11H,8H2,1H3. The first-order valence-electron chi connectivity index (χ1n) is 5.03. The fourth-order valence-electron chi connectivity index (χ4n) is 1.84. The Bertz CT molecular complexity index is 655. The van der Waals surface area contributed by atoms with E-state index in [1.807, 2.05) is 0 Å². The van der Waals surface area contributed by atoms with Gasteiger partial charge in [-0.3, -0.25) is 0 Å². The smallest absolute Gasteiger partial charge is 0.182 e. The molecule has 0 fully saturated rings. The van der Waals surface area contributed by atoms with E-state index in [9.17, 15) is 16.8 Å². The van der Waals surface area contributed by atoms with Gasteiger partial charge in [0.05, 0.1) is 10.7 Å². The van der Waals surface area contributed by atoms with Gasteiger partial charge in [0.25, 0.3) is 0 Å². The summed E-state index contributed by atoms with van der Waals surface area (Å²) in [4.78, 5) is -0.0856. The molecule has 17 heavy (non-hydrogen) atoms. The highest BCUT2D eigenvalue weighted by molar-refractivity contribution is 8.01. The monoisotopic (exact) mass is 272 g/mol. The van der Waals surface area contributed by atoms with Gasteiger partial charge in [-0.15, -0.1) is 0 Å². The quantitative estimate of drug-likeness (QED) is 0.775. The fraction of sp³-hybridized carbons (Fsp3) is 0.273. The van der Waals surface area contributed by atoms with Crippen LogP contribution >= 0.6 is 0 Å². The van der Waals surface area contributed by atoms with E-state index in [1.54, 1.807) is 30.3 Å². The first kappa shape index (κ1) is 12.3. The second-order valence-corrected chi connectivity index (χ2v) is 8.20. The van der Waals surface area contributed by atoms with Crippen molar-refractivity contribution in [3.8, 4) is 0 Å². The van der Waals surface area contributed by atoms with Crippen molar-refractivity contribution in [2.75, 3.05) is 5.75 Å². The van der Waals surface area contributed by atoms with Crippen molar-refractivity contribution in [1.29, 1.82) is 0 Å². The number of hydrogen-bond donors (Lipinski definition) is 0. The molecule has 0 spiro atoms. The summed E-state index contributed by atoms with van der Waals surface area (Å²) >= 11 is 0. The third-order valence-electron chi connectivity index (χ3n) is 2.72. The molecule has 2 rings (SSSR count). The maximum absolute atomic E-state index is 12.1. The minimum atomic E-state index is -3.54. The van der Waals surface area contributed by atoms with Crippen molar-refractivity contribution in [3.63, 3.8) is 0 Å². The fourth-order valence-corrected chi connectivity index (χ4v) is 6.28. The Labute approximate surface area is 101 Å². The van der Waals surface area contributed by atoms with Crippen molar-refractivity contribution >= 4 is 19.7 Å². The van der Waals surface area contributed by atoms with Gasteiger partial charge in [0, 0.05) is 5.41 Å². The molecule has 1 aromatic carbocycles. The molecule has 0 aliphatic carbocycles. The third kappa shape index (κ3) is 2.28. The van der Waals surface area contributed by atoms with Gasteiger partial charge in [-0.2, -0.15) is 0 Å². The highest BCUT2D eigenvalue weighted by Crippen LogP contribution is 2.33. The van der Waals surface area contributed by atoms with Crippen LogP contribution in [0.4, 0.5) is 0 Å². The molecule has 1 aliphatic rings. The molecule has 1 unspecified atom stereocenters. The maximum atomic E-state index is 12.1. The van der Waals surface area contributed by atoms with E-state index in [1.165, 1.54) is 6.92 Å². The van der Waals surface area contributed by atoms with Crippen LogP contribution in [-0.4, -0.2) is 22.6 Å². The number of benzene rings is 1. The third-order valence-corrected chi connectivity index (χ3v) is 6.80. The molecule has 4 nitrogen and oxygen atoms in total. The van der Waals surface area contributed by atoms with E-state index in [0.717, 1.165) is 5.41 Å². The summed E-state index contributed by atoms with van der Waals surface area (Å²) in [6.07, 6.45) is 0. The molecule has 0 saturated carbocycles. The lowest BCUT2D eigenvalue weighted by Crippen LogP contribution is -2.27. The van der Waals surface area contributed by atoms with Gasteiger partial charge in [-0.25, -0.2) is 16.8 Å². The summed E-state index contributed by atoms with van der Waals surface area (Å²) in [5.41, 5.74) is 0.517. The second-order valence-electron chi connectivity index (χ2n) is 4.00. The van der Waals surface area contributed by atoms with Crippen molar-refractivity contribution in [2.45, 2.75) is 12.2 Å². The summed E-state index contributed by atoms with van der Waals surface area (Å²) in [6.45, 7) is 1.32. The van der Waals surface area contributed by atoms with Gasteiger partial charge in [0.2, 0.25) is 0 Å². The van der Waals surface area contributed by atoms with Gasteiger partial charge in [-0.05, 0) is 12.5 Å². The molecule has 1 atom stereocenters. The summed E-state index contributed by atoms with van der Waals surface area (Å²) in [6, 6.07) is 8.43. The van der Waals surface area contributed by atoms with Crippen molar-refractivity contribution in [2.24, 2.45) is 0 Å². The molecule has 0 aromatic heterocycles. The van der Waals surface area contributed by atoms with E-state index < -0.39 is 24.9 Å². The van der Waals surface area contributed by atoms with Crippen LogP contribution in [0.1, 0.15) is 17.7 Å². The number of allylic oxidation sites excluding steroid dienone is 1. The molecule has 1 aliphatic heterocycles. The Morgan fingerprint density at radius 2 is 1.65 bits per heavy atom. The van der Waals surface area contributed by atoms with Crippen LogP contribution in [0.5, 0.6) is 0 Å². The molecular formula is C11H12O4S2. The zero-order valence-electron chi connectivity index (χ0n) is 9.20. The second kappa shape index (κ2) is 3.96. The minimum Gasteiger partial charge on any atom is -0.224 e. The summed E-state index contributed by atoms with van der Waals surface area (Å²) < 4.78 is 47.3. The predicted octanol–water partition coefficient (Wildman–Crippen LogP) is 1.43. The molecule has 1 heterocycles. The minimum absolute atomic E-state index is 0.0856. The lowest BCUT2D eigenvalue weighted by atomic mass is 10.2. The Hall–Kier alpha value is -1.14. The Morgan fingerprint density at radius 1 is 1.06 bits per heavy atom. The zero-order valence-corrected chi connectivity index (χ0v) is 10.8. The van der Waals surface area contributed by atoms with Crippen LogP contribution in [0.2, 0.25) is 0 Å². The highest BCUT2D eigenvalue weighted by atomic mass is 32.2. The van der Waals surface area contributed by atoms with E-state index in [4.69, 9.17) is 0 Å². The molecule has 0 N–H and O–H groups in total. The Balaban J connectivity index is 2.61. The first-order valence-corrected chi connectivity index (χ1v) is 8.29. The van der Waals surface area contributed by atoms with Crippen molar-refractivity contribution in [1.82, 2.24) is 0 Å². The van der Waals surface area contributed by atoms with Crippen LogP contribution in [0, 0.1) is 0 Å². The van der Waals surface area contributed by atoms with E-state index in [2.05, 4.69) is 0 Å². The maximum Gasteiger partial charge on any atom is 0.182 e. The lowest BCUT2D eigenvalue weighted by Gasteiger charge is -2.21. The Kier molecular flexibility index (Phi) is 2.87. The topological polar surface area (TPSA) is 68.3 Å². The molecule has 0 radical (unpaired) electrons. The first-order chi connectivity index (χ1) is 7.83. The van der Waals surface area contributed by atoms with Gasteiger partial charge >= 0.3 is 0 Å². The number of rotatable bonds is 1. The molecule has 0 bridgehead atoms. The van der Waals surface area contributed by atoms with Crippen LogP contribution in [-0.2, 0) is 19.7 Å².